The van der Waals surface area contributed by atoms with Crippen molar-refractivity contribution in [3.8, 4) is 0 Å². The predicted molar refractivity (Wildman–Crippen MR) is 81.1 cm³/mol. The molecule has 112 valence electrons. The van der Waals surface area contributed by atoms with Crippen LogP contribution in [-0.2, 0) is 9.53 Å². The van der Waals surface area contributed by atoms with E-state index in [9.17, 15) is 9.59 Å². The third kappa shape index (κ3) is 4.31. The number of hydrogen-bond donors (Lipinski definition) is 2. The Morgan fingerprint density at radius 2 is 2.15 bits per heavy atom. The quantitative estimate of drug-likeness (QED) is 0.758. The number of esters is 1. The van der Waals surface area contributed by atoms with Gasteiger partial charge in [0.05, 0.1) is 18.1 Å². The van der Waals surface area contributed by atoms with Crippen molar-refractivity contribution in [1.29, 1.82) is 0 Å². The van der Waals surface area contributed by atoms with Gasteiger partial charge in [-0.25, -0.2) is 4.79 Å². The van der Waals surface area contributed by atoms with Crippen LogP contribution in [0.5, 0.6) is 0 Å². The minimum Gasteiger partial charge on any atom is -0.462 e. The number of nitrogens with two attached hydrogens (primary N) is 1. The highest BCUT2D eigenvalue weighted by Gasteiger charge is 2.21. The van der Waals surface area contributed by atoms with Crippen molar-refractivity contribution in [2.24, 2.45) is 11.7 Å². The molecule has 1 heterocycles. The Hall–Kier alpha value is -1.40. The number of carbonyl (C=O) groups excluding carboxylic acids is 2. The maximum Gasteiger partial charge on any atom is 0.341 e. The van der Waals surface area contributed by atoms with E-state index in [4.69, 9.17) is 10.5 Å². The van der Waals surface area contributed by atoms with Gasteiger partial charge in [-0.2, -0.15) is 0 Å². The molecule has 1 unspecified atom stereocenters. The maximum absolute atomic E-state index is 12.1. The van der Waals surface area contributed by atoms with Gasteiger partial charge in [0.15, 0.2) is 0 Å². The molecule has 5 nitrogen and oxygen atoms in total. The Morgan fingerprint density at radius 3 is 2.70 bits per heavy atom. The molecular weight excluding hydrogens is 276 g/mol. The van der Waals surface area contributed by atoms with Gasteiger partial charge in [0.25, 0.3) is 0 Å². The number of amides is 1. The number of nitrogens with one attached hydrogen (secondary N) is 1. The van der Waals surface area contributed by atoms with Gasteiger partial charge >= 0.3 is 5.97 Å². The molecule has 0 aliphatic heterocycles. The van der Waals surface area contributed by atoms with Crippen molar-refractivity contribution in [3.63, 3.8) is 0 Å². The number of rotatable bonds is 7. The first-order valence-corrected chi connectivity index (χ1v) is 7.63. The van der Waals surface area contributed by atoms with Crippen LogP contribution in [0.4, 0.5) is 5.00 Å². The largest absolute Gasteiger partial charge is 0.462 e. The van der Waals surface area contributed by atoms with Crippen LogP contribution in [-0.4, -0.2) is 25.0 Å². The van der Waals surface area contributed by atoms with Crippen LogP contribution in [0.1, 0.15) is 41.9 Å². The fourth-order valence-corrected chi connectivity index (χ4v) is 2.79. The number of hydrogen-bond acceptors (Lipinski definition) is 5. The highest BCUT2D eigenvalue weighted by Crippen LogP contribution is 2.29. The first kappa shape index (κ1) is 16.7. The zero-order valence-electron chi connectivity index (χ0n) is 12.2. The predicted octanol–water partition coefficient (Wildman–Crippen LogP) is 2.55. The summed E-state index contributed by atoms with van der Waals surface area (Å²) in [5, 5.41) is 3.35. The average molecular weight is 298 g/mol. The van der Waals surface area contributed by atoms with Crippen LogP contribution in [0.3, 0.4) is 0 Å². The Kier molecular flexibility index (Phi) is 6.67. The van der Waals surface area contributed by atoms with Gasteiger partial charge in [0.1, 0.15) is 5.00 Å². The van der Waals surface area contributed by atoms with Crippen LogP contribution in [0.15, 0.2) is 6.07 Å². The molecule has 0 saturated heterocycles. The summed E-state index contributed by atoms with van der Waals surface area (Å²) in [5.74, 6) is -0.772. The van der Waals surface area contributed by atoms with Crippen LogP contribution in [0.2, 0.25) is 0 Å². The minimum absolute atomic E-state index is 0.137. The normalized spacial score (nSPS) is 12.0. The zero-order chi connectivity index (χ0) is 15.1. The summed E-state index contributed by atoms with van der Waals surface area (Å²) in [4.78, 5) is 24.9. The van der Waals surface area contributed by atoms with Crippen molar-refractivity contribution in [1.82, 2.24) is 0 Å². The van der Waals surface area contributed by atoms with Gasteiger partial charge in [0.2, 0.25) is 5.91 Å². The molecule has 0 spiro atoms. The highest BCUT2D eigenvalue weighted by molar-refractivity contribution is 7.16. The summed E-state index contributed by atoms with van der Waals surface area (Å²) in [6, 6.07) is 1.73. The second-order valence-electron chi connectivity index (χ2n) is 4.53. The van der Waals surface area contributed by atoms with Crippen molar-refractivity contribution >= 4 is 28.2 Å². The third-order valence-corrected chi connectivity index (χ3v) is 3.85. The standard InChI is InChI=1S/C14H22N2O3S/c1-4-6-10(8-15)12(17)16-13-11(7-9(3)20-13)14(18)19-5-2/h7,10H,4-6,8,15H2,1-3H3,(H,16,17). The van der Waals surface area contributed by atoms with Crippen LogP contribution >= 0.6 is 11.3 Å². The lowest BCUT2D eigenvalue weighted by atomic mass is 10.0. The number of ether oxygens (including phenoxy) is 1. The van der Waals surface area contributed by atoms with E-state index in [-0.39, 0.29) is 11.8 Å². The first-order chi connectivity index (χ1) is 9.53. The number of carbonyl (C=O) groups is 2. The van der Waals surface area contributed by atoms with Crippen LogP contribution < -0.4 is 11.1 Å². The Bertz CT molecular complexity index is 471. The lowest BCUT2D eigenvalue weighted by molar-refractivity contribution is -0.119. The summed E-state index contributed by atoms with van der Waals surface area (Å²) in [6.07, 6.45) is 1.63. The molecule has 1 amide bonds. The number of aryl methyl sites for hydroxylation is 1. The van der Waals surface area contributed by atoms with Crippen molar-refractivity contribution in [2.45, 2.75) is 33.6 Å². The fourth-order valence-electron chi connectivity index (χ4n) is 1.89. The molecule has 1 rings (SSSR count). The summed E-state index contributed by atoms with van der Waals surface area (Å²) in [5.41, 5.74) is 6.03. The molecule has 0 aliphatic rings. The lowest BCUT2D eigenvalue weighted by Crippen LogP contribution is -2.29. The van der Waals surface area contributed by atoms with E-state index in [1.165, 1.54) is 11.3 Å². The molecule has 0 radical (unpaired) electrons. The second-order valence-corrected chi connectivity index (χ2v) is 5.79. The van der Waals surface area contributed by atoms with E-state index in [0.717, 1.165) is 17.7 Å². The average Bonchev–Trinajstić information content (AvgIpc) is 2.77. The zero-order valence-corrected chi connectivity index (χ0v) is 13.0. The SMILES string of the molecule is CCCC(CN)C(=O)Nc1sc(C)cc1C(=O)OCC. The first-order valence-electron chi connectivity index (χ1n) is 6.81. The molecule has 1 aromatic rings. The molecule has 0 saturated carbocycles. The molecule has 0 aromatic carbocycles. The van der Waals surface area contributed by atoms with Crippen molar-refractivity contribution in [3.05, 3.63) is 16.5 Å². The highest BCUT2D eigenvalue weighted by atomic mass is 32.1. The molecule has 0 bridgehead atoms. The van der Waals surface area contributed by atoms with E-state index in [2.05, 4.69) is 5.32 Å². The molecule has 6 heteroatoms. The topological polar surface area (TPSA) is 81.4 Å². The van der Waals surface area contributed by atoms with Gasteiger partial charge in [-0.1, -0.05) is 13.3 Å². The van der Waals surface area contributed by atoms with E-state index in [0.29, 0.717) is 23.7 Å². The van der Waals surface area contributed by atoms with Gasteiger partial charge in [0, 0.05) is 11.4 Å². The monoisotopic (exact) mass is 298 g/mol. The summed E-state index contributed by atoms with van der Waals surface area (Å²) < 4.78 is 4.99. The van der Waals surface area contributed by atoms with Gasteiger partial charge < -0.3 is 15.8 Å². The molecule has 0 aliphatic carbocycles. The van der Waals surface area contributed by atoms with E-state index in [1.807, 2.05) is 13.8 Å². The van der Waals surface area contributed by atoms with Crippen molar-refractivity contribution < 1.29 is 14.3 Å². The van der Waals surface area contributed by atoms with E-state index >= 15 is 0 Å². The lowest BCUT2D eigenvalue weighted by Gasteiger charge is -2.13. The van der Waals surface area contributed by atoms with Crippen molar-refractivity contribution in [2.75, 3.05) is 18.5 Å². The summed E-state index contributed by atoms with van der Waals surface area (Å²) in [6.45, 7) is 6.26. The number of anilines is 1. The minimum atomic E-state index is -0.410. The molecule has 1 aromatic heterocycles. The smallest absolute Gasteiger partial charge is 0.341 e. The number of thiophene rings is 1. The molecule has 1 atom stereocenters. The summed E-state index contributed by atoms with van der Waals surface area (Å²) >= 11 is 1.37. The van der Waals surface area contributed by atoms with Gasteiger partial charge in [-0.05, 0) is 26.3 Å². The third-order valence-electron chi connectivity index (χ3n) is 2.88. The van der Waals surface area contributed by atoms with Gasteiger partial charge in [-0.3, -0.25) is 4.79 Å². The Labute approximate surface area is 123 Å². The van der Waals surface area contributed by atoms with Crippen LogP contribution in [0, 0.1) is 12.8 Å². The maximum atomic E-state index is 12.1. The Balaban J connectivity index is 2.86. The molecule has 20 heavy (non-hydrogen) atoms. The van der Waals surface area contributed by atoms with Crippen LogP contribution in [0.25, 0.3) is 0 Å². The van der Waals surface area contributed by atoms with E-state index < -0.39 is 5.97 Å². The molecular formula is C14H22N2O3S. The Morgan fingerprint density at radius 1 is 1.45 bits per heavy atom. The van der Waals surface area contributed by atoms with Gasteiger partial charge in [-0.15, -0.1) is 11.3 Å². The molecule has 3 N–H and O–H groups in total. The van der Waals surface area contributed by atoms with E-state index in [1.54, 1.807) is 13.0 Å². The second kappa shape index (κ2) is 8.01. The molecule has 0 fully saturated rings. The fraction of sp³-hybridized carbons (Fsp3) is 0.571. The summed E-state index contributed by atoms with van der Waals surface area (Å²) in [7, 11) is 0.